The maximum Gasteiger partial charge on any atom is 0.251 e. The van der Waals surface area contributed by atoms with E-state index in [0.717, 1.165) is 34.4 Å². The number of amides is 2. The second-order valence-corrected chi connectivity index (χ2v) is 18.6. The summed E-state index contributed by atoms with van der Waals surface area (Å²) in [6.07, 6.45) is 2.44. The molecule has 1 unspecified atom stereocenters. The van der Waals surface area contributed by atoms with Crippen molar-refractivity contribution in [3.63, 3.8) is 0 Å². The van der Waals surface area contributed by atoms with E-state index in [0.29, 0.717) is 48.5 Å². The zero-order valence-corrected chi connectivity index (χ0v) is 35.2. The van der Waals surface area contributed by atoms with E-state index in [1.807, 2.05) is 87.7 Å². The summed E-state index contributed by atoms with van der Waals surface area (Å²) in [4.78, 5) is 39.1. The van der Waals surface area contributed by atoms with Crippen molar-refractivity contribution in [2.24, 2.45) is 28.6 Å². The summed E-state index contributed by atoms with van der Waals surface area (Å²) in [6, 6.07) is 21.0. The van der Waals surface area contributed by atoms with Gasteiger partial charge in [0.05, 0.1) is 31.3 Å². The molecule has 3 aromatic carbocycles. The number of methoxy groups -OCH3 is 1. The minimum atomic E-state index is -1.18. The van der Waals surface area contributed by atoms with E-state index in [2.05, 4.69) is 48.4 Å². The standard InChI is InChI=1S/C46H63N5O6/c1-28-37-22-33(44(37,2)3)23-38(28)48-43(54)41-46(27-45(46,4)55)39(26-52)57-51(41)24-30-16-13-17-36(40(30)56-9)31-19-32(21-35(20-31)50(7)8)42(53)47-34(25-49(5)6)18-29-14-11-10-12-15-29/h10-17,19-21,28,33-34,37-39,41,52,55H,18,22-27H2,1-9H3,(H,47,53)(H,48,54)/t28-,33+,34-,37-,38-,39-,41+,45?,46+/m0/s1. The SMILES string of the molecule is COc1c(CN2O[C@@H](CO)[C@]3(CC3(C)O)[C@H]2C(=O)N[C@H]2C[C@H]3C[C@@H]([C@@H]2C)C3(C)C)cccc1-c1cc(C(=O)N[C@@H](Cc2ccccc2)CN(C)C)cc(N(C)C)c1. The van der Waals surface area contributed by atoms with Crippen LogP contribution in [0.1, 0.15) is 68.4 Å². The zero-order valence-electron chi connectivity index (χ0n) is 35.2. The van der Waals surface area contributed by atoms with Crippen LogP contribution in [-0.2, 0) is 22.6 Å². The number of hydroxylamine groups is 2. The van der Waals surface area contributed by atoms with E-state index < -0.39 is 23.2 Å². The zero-order chi connectivity index (χ0) is 41.0. The van der Waals surface area contributed by atoms with Crippen LogP contribution in [0.25, 0.3) is 11.1 Å². The van der Waals surface area contributed by atoms with Crippen LogP contribution in [0.2, 0.25) is 0 Å². The molecule has 5 aliphatic rings. The number of benzene rings is 3. The first kappa shape index (κ1) is 41.2. The summed E-state index contributed by atoms with van der Waals surface area (Å²) in [5.74, 6) is 1.70. The fourth-order valence-electron chi connectivity index (χ4n) is 10.7. The number of nitrogens with zero attached hydrogens (tertiary/aromatic N) is 3. The number of likely N-dealkylation sites (N-methyl/N-ethyl adjacent to an activating group) is 1. The van der Waals surface area contributed by atoms with Crippen molar-refractivity contribution in [1.82, 2.24) is 20.6 Å². The molecule has 4 N–H and O–H groups in total. The van der Waals surface area contributed by atoms with E-state index in [9.17, 15) is 19.8 Å². The molecule has 11 nitrogen and oxygen atoms in total. The Kier molecular flexibility index (Phi) is 11.3. The Hall–Kier alpha value is -4.00. The minimum absolute atomic E-state index is 0.0368. The molecule has 2 amide bonds. The molecule has 1 aliphatic heterocycles. The lowest BCUT2D eigenvalue weighted by Crippen LogP contribution is -2.62. The first-order chi connectivity index (χ1) is 27.0. The molecular weight excluding hydrogens is 719 g/mol. The third-order valence-electron chi connectivity index (χ3n) is 14.1. The maximum absolute atomic E-state index is 14.5. The number of aliphatic hydroxyl groups is 2. The van der Waals surface area contributed by atoms with Crippen molar-refractivity contribution in [2.45, 2.75) is 89.8 Å². The Labute approximate surface area is 338 Å². The van der Waals surface area contributed by atoms with Crippen molar-refractivity contribution in [3.8, 4) is 16.9 Å². The normalized spacial score (nSPS) is 30.5. The number of anilines is 1. The molecule has 1 heterocycles. The Morgan fingerprint density at radius 2 is 1.74 bits per heavy atom. The predicted octanol–water partition coefficient (Wildman–Crippen LogP) is 5.14. The third kappa shape index (κ3) is 7.58. The first-order valence-corrected chi connectivity index (χ1v) is 20.6. The van der Waals surface area contributed by atoms with Crippen LogP contribution in [0, 0.1) is 28.6 Å². The number of para-hydroxylation sites is 1. The van der Waals surface area contributed by atoms with Crippen LogP contribution >= 0.6 is 0 Å². The molecule has 308 valence electrons. The third-order valence-corrected chi connectivity index (χ3v) is 14.1. The molecule has 1 saturated heterocycles. The van der Waals surface area contributed by atoms with Gasteiger partial charge in [0, 0.05) is 55.1 Å². The van der Waals surface area contributed by atoms with Crippen molar-refractivity contribution in [2.75, 3.05) is 53.4 Å². The summed E-state index contributed by atoms with van der Waals surface area (Å²) in [6.45, 7) is 9.21. The molecule has 57 heavy (non-hydrogen) atoms. The van der Waals surface area contributed by atoms with E-state index in [1.54, 1.807) is 19.1 Å². The second kappa shape index (κ2) is 15.6. The Bertz CT molecular complexity index is 1950. The van der Waals surface area contributed by atoms with E-state index >= 15 is 0 Å². The van der Waals surface area contributed by atoms with Gasteiger partial charge in [0.15, 0.2) is 0 Å². The summed E-state index contributed by atoms with van der Waals surface area (Å²) in [7, 11) is 9.54. The molecule has 5 fully saturated rings. The molecule has 1 spiro atoms. The van der Waals surface area contributed by atoms with Crippen molar-refractivity contribution >= 4 is 17.5 Å². The summed E-state index contributed by atoms with van der Waals surface area (Å²) in [5, 5.41) is 30.4. The van der Waals surface area contributed by atoms with E-state index in [1.165, 1.54) is 6.42 Å². The number of carbonyl (C=O) groups is 2. The number of fused-ring (bicyclic) bond motifs is 2. The van der Waals surface area contributed by atoms with E-state index in [4.69, 9.17) is 9.57 Å². The van der Waals surface area contributed by atoms with Gasteiger partial charge >= 0.3 is 0 Å². The predicted molar refractivity (Wildman–Crippen MR) is 223 cm³/mol. The highest BCUT2D eigenvalue weighted by atomic mass is 16.7. The largest absolute Gasteiger partial charge is 0.496 e. The molecular formula is C46H63N5O6. The average molecular weight is 782 g/mol. The smallest absolute Gasteiger partial charge is 0.251 e. The summed E-state index contributed by atoms with van der Waals surface area (Å²) < 4.78 is 6.14. The molecule has 11 heteroatoms. The van der Waals surface area contributed by atoms with Gasteiger partial charge in [-0.3, -0.25) is 14.4 Å². The van der Waals surface area contributed by atoms with Crippen LogP contribution in [-0.4, -0.2) is 110 Å². The van der Waals surface area contributed by atoms with Gasteiger partial charge in [0.25, 0.3) is 5.91 Å². The topological polar surface area (TPSA) is 127 Å². The fourth-order valence-corrected chi connectivity index (χ4v) is 10.7. The fraction of sp³-hybridized carbons (Fsp3) is 0.565. The number of carbonyl (C=O) groups excluding carboxylic acids is 2. The first-order valence-electron chi connectivity index (χ1n) is 20.6. The van der Waals surface area contributed by atoms with Gasteiger partial charge in [-0.05, 0) is 99.2 Å². The van der Waals surface area contributed by atoms with Gasteiger partial charge in [-0.15, -0.1) is 0 Å². The van der Waals surface area contributed by atoms with Gasteiger partial charge in [-0.1, -0.05) is 69.3 Å². The lowest BCUT2D eigenvalue weighted by atomic mass is 9.45. The van der Waals surface area contributed by atoms with Crippen molar-refractivity contribution < 1.29 is 29.4 Å². The molecule has 4 aliphatic carbocycles. The summed E-state index contributed by atoms with van der Waals surface area (Å²) >= 11 is 0. The van der Waals surface area contributed by atoms with Gasteiger partial charge in [-0.2, -0.15) is 5.06 Å². The Balaban J connectivity index is 1.18. The highest BCUT2D eigenvalue weighted by Crippen LogP contribution is 2.66. The van der Waals surface area contributed by atoms with Crippen LogP contribution in [0.3, 0.4) is 0 Å². The maximum atomic E-state index is 14.5. The molecule has 3 aromatic rings. The minimum Gasteiger partial charge on any atom is -0.496 e. The molecule has 4 saturated carbocycles. The van der Waals surface area contributed by atoms with Gasteiger partial charge in [0.1, 0.15) is 17.9 Å². The molecule has 8 rings (SSSR count). The highest BCUT2D eigenvalue weighted by Gasteiger charge is 2.78. The number of rotatable bonds is 14. The van der Waals surface area contributed by atoms with E-state index in [-0.39, 0.29) is 42.5 Å². The quantitative estimate of drug-likeness (QED) is 0.176. The van der Waals surface area contributed by atoms with Crippen molar-refractivity contribution in [1.29, 1.82) is 0 Å². The molecule has 0 aromatic heterocycles. The number of hydrogen-bond acceptors (Lipinski definition) is 9. The van der Waals surface area contributed by atoms with Gasteiger partial charge < -0.3 is 35.4 Å². The number of hydrogen-bond donors (Lipinski definition) is 4. The number of aliphatic hydroxyl groups excluding tert-OH is 1. The number of nitrogens with one attached hydrogen (secondary N) is 2. The van der Waals surface area contributed by atoms with Crippen LogP contribution in [0.15, 0.2) is 66.7 Å². The van der Waals surface area contributed by atoms with Crippen LogP contribution < -0.4 is 20.3 Å². The second-order valence-electron chi connectivity index (χ2n) is 18.6. The highest BCUT2D eigenvalue weighted by molar-refractivity contribution is 5.97. The number of ether oxygens (including phenoxy) is 1. The Morgan fingerprint density at radius 1 is 1.02 bits per heavy atom. The van der Waals surface area contributed by atoms with Crippen molar-refractivity contribution in [3.05, 3.63) is 83.4 Å². The molecule has 2 bridgehead atoms. The lowest BCUT2D eigenvalue weighted by Gasteiger charge is -2.62. The van der Waals surface area contributed by atoms with Crippen LogP contribution in [0.5, 0.6) is 5.75 Å². The Morgan fingerprint density at radius 3 is 2.33 bits per heavy atom. The average Bonchev–Trinajstić information content (AvgIpc) is 3.59. The molecule has 9 atom stereocenters. The molecule has 0 radical (unpaired) electrons. The monoisotopic (exact) mass is 781 g/mol. The summed E-state index contributed by atoms with van der Waals surface area (Å²) in [5.41, 5.74) is 3.05. The van der Waals surface area contributed by atoms with Gasteiger partial charge in [-0.25, -0.2) is 0 Å². The van der Waals surface area contributed by atoms with Crippen LogP contribution in [0.4, 0.5) is 5.69 Å². The lowest BCUT2D eigenvalue weighted by molar-refractivity contribution is -0.183. The van der Waals surface area contributed by atoms with Gasteiger partial charge in [0.2, 0.25) is 5.91 Å².